The van der Waals surface area contributed by atoms with Gasteiger partial charge in [-0.1, -0.05) is 72.8 Å². The topological polar surface area (TPSA) is 90.3 Å². The van der Waals surface area contributed by atoms with E-state index in [1.807, 2.05) is 66.7 Å². The third-order valence-corrected chi connectivity index (χ3v) is 7.96. The lowest BCUT2D eigenvalue weighted by Crippen LogP contribution is -2.44. The molecule has 6 nitrogen and oxygen atoms in total. The lowest BCUT2D eigenvalue weighted by Gasteiger charge is -2.32. The molecule has 7 heteroatoms. The minimum atomic E-state index is -3.78. The molecule has 0 saturated carbocycles. The smallest absolute Gasteiger partial charge is 0.244 e. The monoisotopic (exact) mass is 459 g/mol. The van der Waals surface area contributed by atoms with Crippen molar-refractivity contribution in [2.75, 3.05) is 13.1 Å². The molecule has 1 saturated heterocycles. The number of hydrogen-bond acceptors (Lipinski definition) is 4. The van der Waals surface area contributed by atoms with E-state index < -0.39 is 10.0 Å². The average Bonchev–Trinajstić information content (AvgIpc) is 2.88. The van der Waals surface area contributed by atoms with Gasteiger partial charge in [-0.05, 0) is 36.1 Å². The van der Waals surface area contributed by atoms with Crippen molar-refractivity contribution in [1.29, 1.82) is 5.26 Å². The van der Waals surface area contributed by atoms with Crippen LogP contribution in [0.2, 0.25) is 0 Å². The number of carbonyl (C=O) groups excluding carboxylic acids is 1. The predicted octanol–water partition coefficient (Wildman–Crippen LogP) is 3.86. The van der Waals surface area contributed by atoms with Crippen LogP contribution in [0.4, 0.5) is 0 Å². The zero-order chi connectivity index (χ0) is 23.3. The van der Waals surface area contributed by atoms with Crippen LogP contribution in [0.5, 0.6) is 0 Å². The van der Waals surface area contributed by atoms with Crippen LogP contribution in [0.3, 0.4) is 0 Å². The Balaban J connectivity index is 1.46. The fraction of sp³-hybridized carbons (Fsp3) is 0.231. The molecule has 1 aliphatic heterocycles. The standard InChI is InChI=1S/C26H25N3O3S/c27-19-23-13-7-8-14-24(23)33(31,32)29-17-15-22(16-18-29)26(30)28-25(20-9-3-1-4-10-20)21-11-5-2-6-12-21/h1-14,22,25H,15-18H2,(H,28,30). The summed E-state index contributed by atoms with van der Waals surface area (Å²) in [6, 6.07) is 27.5. The lowest BCUT2D eigenvalue weighted by molar-refractivity contribution is -0.126. The molecule has 3 aromatic rings. The van der Waals surface area contributed by atoms with Crippen LogP contribution in [0.15, 0.2) is 89.8 Å². The molecule has 3 aromatic carbocycles. The number of carbonyl (C=O) groups is 1. The molecular weight excluding hydrogens is 434 g/mol. The van der Waals surface area contributed by atoms with Gasteiger partial charge < -0.3 is 5.32 Å². The van der Waals surface area contributed by atoms with Gasteiger partial charge in [-0.3, -0.25) is 4.79 Å². The van der Waals surface area contributed by atoms with Gasteiger partial charge in [0.25, 0.3) is 0 Å². The number of hydrogen-bond donors (Lipinski definition) is 1. The molecule has 1 fully saturated rings. The van der Waals surface area contributed by atoms with Crippen LogP contribution >= 0.6 is 0 Å². The normalized spacial score (nSPS) is 15.2. The van der Waals surface area contributed by atoms with Gasteiger partial charge in [0, 0.05) is 19.0 Å². The molecular formula is C26H25N3O3S. The minimum Gasteiger partial charge on any atom is -0.345 e. The van der Waals surface area contributed by atoms with Crippen LogP contribution in [-0.2, 0) is 14.8 Å². The molecule has 0 aromatic heterocycles. The third-order valence-electron chi connectivity index (χ3n) is 6.00. The average molecular weight is 460 g/mol. The van der Waals surface area contributed by atoms with Crippen molar-refractivity contribution in [3.8, 4) is 6.07 Å². The Morgan fingerprint density at radius 3 is 1.94 bits per heavy atom. The van der Waals surface area contributed by atoms with Crippen LogP contribution in [0, 0.1) is 17.2 Å². The molecule has 0 bridgehead atoms. The summed E-state index contributed by atoms with van der Waals surface area (Å²) < 4.78 is 27.5. The maximum absolute atomic E-state index is 13.2. The van der Waals surface area contributed by atoms with E-state index in [9.17, 15) is 18.5 Å². The zero-order valence-electron chi connectivity index (χ0n) is 18.1. The van der Waals surface area contributed by atoms with E-state index in [0.717, 1.165) is 11.1 Å². The number of sulfonamides is 1. The summed E-state index contributed by atoms with van der Waals surface area (Å²) in [5.74, 6) is -0.361. The third kappa shape index (κ3) is 4.98. The molecule has 0 unspecified atom stereocenters. The van der Waals surface area contributed by atoms with Crippen molar-refractivity contribution in [3.05, 3.63) is 102 Å². The lowest BCUT2D eigenvalue weighted by atomic mass is 9.94. The van der Waals surface area contributed by atoms with E-state index in [2.05, 4.69) is 5.32 Å². The Hall–Kier alpha value is -3.47. The molecule has 33 heavy (non-hydrogen) atoms. The number of rotatable bonds is 6. The fourth-order valence-corrected chi connectivity index (χ4v) is 5.80. The summed E-state index contributed by atoms with van der Waals surface area (Å²) in [5.41, 5.74) is 2.11. The Labute approximate surface area is 194 Å². The highest BCUT2D eigenvalue weighted by Crippen LogP contribution is 2.28. The van der Waals surface area contributed by atoms with Crippen molar-refractivity contribution in [2.24, 2.45) is 5.92 Å². The van der Waals surface area contributed by atoms with Crippen molar-refractivity contribution < 1.29 is 13.2 Å². The fourth-order valence-electron chi connectivity index (χ4n) is 4.19. The highest BCUT2D eigenvalue weighted by Gasteiger charge is 2.34. The summed E-state index contributed by atoms with van der Waals surface area (Å²) >= 11 is 0. The summed E-state index contributed by atoms with van der Waals surface area (Å²) in [5, 5.41) is 12.5. The Morgan fingerprint density at radius 1 is 0.879 bits per heavy atom. The van der Waals surface area contributed by atoms with Crippen molar-refractivity contribution >= 4 is 15.9 Å². The van der Waals surface area contributed by atoms with Crippen LogP contribution in [-0.4, -0.2) is 31.7 Å². The molecule has 0 radical (unpaired) electrons. The second-order valence-corrected chi connectivity index (χ2v) is 9.96. The molecule has 1 heterocycles. The second-order valence-electron chi connectivity index (χ2n) is 8.05. The largest absolute Gasteiger partial charge is 0.345 e. The van der Waals surface area contributed by atoms with Crippen LogP contribution in [0.25, 0.3) is 0 Å². The molecule has 0 atom stereocenters. The van der Waals surface area contributed by atoms with Gasteiger partial charge in [-0.25, -0.2) is 8.42 Å². The molecule has 0 aliphatic carbocycles. The Bertz CT molecular complexity index is 1210. The van der Waals surface area contributed by atoms with E-state index in [0.29, 0.717) is 12.8 Å². The van der Waals surface area contributed by atoms with Gasteiger partial charge in [0.15, 0.2) is 0 Å². The van der Waals surface area contributed by atoms with Gasteiger partial charge in [0.2, 0.25) is 15.9 Å². The van der Waals surface area contributed by atoms with Gasteiger partial charge >= 0.3 is 0 Å². The van der Waals surface area contributed by atoms with Gasteiger partial charge in [-0.15, -0.1) is 0 Å². The SMILES string of the molecule is N#Cc1ccccc1S(=O)(=O)N1CCC(C(=O)NC(c2ccccc2)c2ccccc2)CC1. The Kier molecular flexibility index (Phi) is 6.87. The first-order chi connectivity index (χ1) is 16.0. The maximum atomic E-state index is 13.2. The zero-order valence-corrected chi connectivity index (χ0v) is 18.9. The van der Waals surface area contributed by atoms with Gasteiger partial charge in [0.1, 0.15) is 6.07 Å². The highest BCUT2D eigenvalue weighted by atomic mass is 32.2. The van der Waals surface area contributed by atoms with Gasteiger partial charge in [0.05, 0.1) is 16.5 Å². The number of nitriles is 1. The Morgan fingerprint density at radius 2 is 1.39 bits per heavy atom. The molecule has 4 rings (SSSR count). The first-order valence-corrected chi connectivity index (χ1v) is 12.3. The molecule has 1 N–H and O–H groups in total. The quantitative estimate of drug-likeness (QED) is 0.606. The summed E-state index contributed by atoms with van der Waals surface area (Å²) in [6.45, 7) is 0.475. The minimum absolute atomic E-state index is 0.0172. The molecule has 168 valence electrons. The first kappa shape index (κ1) is 22.7. The summed E-state index contributed by atoms with van der Waals surface area (Å²) in [7, 11) is -3.78. The number of nitrogens with one attached hydrogen (secondary N) is 1. The van der Waals surface area contributed by atoms with Crippen LogP contribution in [0.1, 0.15) is 35.6 Å². The van der Waals surface area contributed by atoms with E-state index >= 15 is 0 Å². The van der Waals surface area contributed by atoms with Crippen molar-refractivity contribution in [1.82, 2.24) is 9.62 Å². The van der Waals surface area contributed by atoms with Crippen molar-refractivity contribution in [2.45, 2.75) is 23.8 Å². The number of nitrogens with zero attached hydrogens (tertiary/aromatic N) is 2. The molecule has 1 aliphatic rings. The first-order valence-electron chi connectivity index (χ1n) is 10.9. The second kappa shape index (κ2) is 9.99. The summed E-state index contributed by atoms with van der Waals surface area (Å²) in [4.78, 5) is 13.2. The molecule has 1 amide bonds. The number of piperidine rings is 1. The number of benzene rings is 3. The maximum Gasteiger partial charge on any atom is 0.244 e. The van der Waals surface area contributed by atoms with Gasteiger partial charge in [-0.2, -0.15) is 9.57 Å². The predicted molar refractivity (Wildman–Crippen MR) is 126 cm³/mol. The summed E-state index contributed by atoms with van der Waals surface area (Å²) in [6.07, 6.45) is 0.853. The molecule has 0 spiro atoms. The van der Waals surface area contributed by atoms with E-state index in [1.165, 1.54) is 16.4 Å². The van der Waals surface area contributed by atoms with Crippen molar-refractivity contribution in [3.63, 3.8) is 0 Å². The highest BCUT2D eigenvalue weighted by molar-refractivity contribution is 7.89. The van der Waals surface area contributed by atoms with E-state index in [-0.39, 0.29) is 41.4 Å². The number of amides is 1. The van der Waals surface area contributed by atoms with Crippen LogP contribution < -0.4 is 5.32 Å². The van der Waals surface area contributed by atoms with E-state index in [4.69, 9.17) is 0 Å². The van der Waals surface area contributed by atoms with E-state index in [1.54, 1.807) is 12.1 Å².